The largest absolute Gasteiger partial charge is 0.435 e. The fraction of sp³-hybridized carbons (Fsp3) is 0.455. The van der Waals surface area contributed by atoms with Gasteiger partial charge in [-0.05, 0) is 17.7 Å². The van der Waals surface area contributed by atoms with E-state index in [1.165, 1.54) is 6.07 Å². The summed E-state index contributed by atoms with van der Waals surface area (Å²) in [6, 6.07) is 6.74. The van der Waals surface area contributed by atoms with Crippen molar-refractivity contribution >= 4 is 0 Å². The van der Waals surface area contributed by atoms with Crippen LogP contribution in [0.1, 0.15) is 11.6 Å². The van der Waals surface area contributed by atoms with Gasteiger partial charge in [0, 0.05) is 6.54 Å². The van der Waals surface area contributed by atoms with Crippen LogP contribution in [0.25, 0.3) is 0 Å². The molecule has 1 aliphatic heterocycles. The molecule has 3 nitrogen and oxygen atoms in total. The maximum Gasteiger partial charge on any atom is 0.387 e. The monoisotopic (exact) mass is 229 g/mol. The lowest BCUT2D eigenvalue weighted by atomic mass is 10.1. The zero-order valence-electron chi connectivity index (χ0n) is 8.66. The number of ether oxygens (including phenoxy) is 2. The van der Waals surface area contributed by atoms with Crippen LogP contribution in [-0.4, -0.2) is 26.4 Å². The summed E-state index contributed by atoms with van der Waals surface area (Å²) in [5, 5.41) is 3.25. The first kappa shape index (κ1) is 11.3. The molecule has 0 aromatic heterocycles. The smallest absolute Gasteiger partial charge is 0.387 e. The van der Waals surface area contributed by atoms with E-state index in [1.807, 2.05) is 6.07 Å². The maximum absolute atomic E-state index is 12.0. The number of nitrogens with one attached hydrogen (secondary N) is 1. The van der Waals surface area contributed by atoms with E-state index >= 15 is 0 Å². The minimum Gasteiger partial charge on any atom is -0.435 e. The molecule has 0 amide bonds. The Balaban J connectivity index is 2.08. The first-order valence-electron chi connectivity index (χ1n) is 5.11. The molecule has 16 heavy (non-hydrogen) atoms. The van der Waals surface area contributed by atoms with E-state index in [9.17, 15) is 8.78 Å². The van der Waals surface area contributed by atoms with Crippen LogP contribution in [0, 0.1) is 0 Å². The number of alkyl halides is 2. The Kier molecular flexibility index (Phi) is 3.69. The Hall–Kier alpha value is -1.20. The van der Waals surface area contributed by atoms with Crippen molar-refractivity contribution in [1.82, 2.24) is 5.32 Å². The van der Waals surface area contributed by atoms with Crippen LogP contribution in [0.3, 0.4) is 0 Å². The van der Waals surface area contributed by atoms with Gasteiger partial charge in [-0.15, -0.1) is 0 Å². The molecule has 1 fully saturated rings. The Labute approximate surface area is 92.4 Å². The van der Waals surface area contributed by atoms with Gasteiger partial charge < -0.3 is 14.8 Å². The van der Waals surface area contributed by atoms with Crippen molar-refractivity contribution in [3.63, 3.8) is 0 Å². The van der Waals surface area contributed by atoms with E-state index in [1.54, 1.807) is 12.1 Å². The average Bonchev–Trinajstić information content (AvgIpc) is 2.30. The second-order valence-corrected chi connectivity index (χ2v) is 3.53. The van der Waals surface area contributed by atoms with Crippen LogP contribution in [0.15, 0.2) is 24.3 Å². The third kappa shape index (κ3) is 2.90. The van der Waals surface area contributed by atoms with Crippen LogP contribution in [-0.2, 0) is 4.74 Å². The average molecular weight is 229 g/mol. The van der Waals surface area contributed by atoms with Crippen molar-refractivity contribution in [2.24, 2.45) is 0 Å². The highest BCUT2D eigenvalue weighted by Crippen LogP contribution is 2.22. The molecule has 0 saturated carbocycles. The molecule has 1 aliphatic rings. The van der Waals surface area contributed by atoms with Crippen molar-refractivity contribution < 1.29 is 18.3 Å². The molecule has 2 rings (SSSR count). The maximum atomic E-state index is 12.0. The highest BCUT2D eigenvalue weighted by Gasteiger charge is 2.16. The Bertz CT molecular complexity index is 341. The van der Waals surface area contributed by atoms with Gasteiger partial charge in [-0.3, -0.25) is 0 Å². The summed E-state index contributed by atoms with van der Waals surface area (Å²) in [5.74, 6) is 0.180. The third-order valence-corrected chi connectivity index (χ3v) is 2.41. The summed E-state index contributed by atoms with van der Waals surface area (Å²) in [6.45, 7) is -0.780. The van der Waals surface area contributed by atoms with E-state index < -0.39 is 6.61 Å². The molecule has 88 valence electrons. The molecule has 1 N–H and O–H groups in total. The number of morpholine rings is 1. The fourth-order valence-corrected chi connectivity index (χ4v) is 1.69. The van der Waals surface area contributed by atoms with Crippen LogP contribution in [0.5, 0.6) is 5.75 Å². The van der Waals surface area contributed by atoms with Crippen molar-refractivity contribution in [3.05, 3.63) is 29.8 Å². The standard InChI is InChI=1S/C11H13F2NO2/c12-11(13)16-9-3-1-2-8(6-9)10-7-15-5-4-14-10/h1-3,6,10-11,14H,4-5,7H2. The minimum absolute atomic E-state index is 0.0509. The van der Waals surface area contributed by atoms with E-state index in [0.717, 1.165) is 12.1 Å². The molecule has 0 spiro atoms. The quantitative estimate of drug-likeness (QED) is 0.859. The highest BCUT2D eigenvalue weighted by molar-refractivity contribution is 5.30. The molecule has 1 heterocycles. The molecule has 5 heteroatoms. The van der Waals surface area contributed by atoms with Crippen molar-refractivity contribution in [2.75, 3.05) is 19.8 Å². The lowest BCUT2D eigenvalue weighted by Gasteiger charge is -2.24. The zero-order chi connectivity index (χ0) is 11.4. The number of benzene rings is 1. The van der Waals surface area contributed by atoms with E-state index in [-0.39, 0.29) is 11.8 Å². The Morgan fingerprint density at radius 2 is 2.31 bits per heavy atom. The second kappa shape index (κ2) is 5.23. The predicted octanol–water partition coefficient (Wildman–Crippen LogP) is 1.95. The molecular formula is C11H13F2NO2. The highest BCUT2D eigenvalue weighted by atomic mass is 19.3. The summed E-state index contributed by atoms with van der Waals surface area (Å²) in [7, 11) is 0. The van der Waals surface area contributed by atoms with Crippen LogP contribution < -0.4 is 10.1 Å². The fourth-order valence-electron chi connectivity index (χ4n) is 1.69. The van der Waals surface area contributed by atoms with Crippen molar-refractivity contribution in [1.29, 1.82) is 0 Å². The van der Waals surface area contributed by atoms with E-state index in [4.69, 9.17) is 4.74 Å². The summed E-state index contributed by atoms with van der Waals surface area (Å²) in [6.07, 6.45) is 0. The molecule has 0 bridgehead atoms. The van der Waals surface area contributed by atoms with Gasteiger partial charge in [-0.25, -0.2) is 0 Å². The molecular weight excluding hydrogens is 216 g/mol. The molecule has 1 saturated heterocycles. The molecule has 1 aromatic carbocycles. The van der Waals surface area contributed by atoms with E-state index in [2.05, 4.69) is 10.1 Å². The van der Waals surface area contributed by atoms with Gasteiger partial charge in [-0.2, -0.15) is 8.78 Å². The van der Waals surface area contributed by atoms with Gasteiger partial charge in [-0.1, -0.05) is 12.1 Å². The number of rotatable bonds is 3. The Morgan fingerprint density at radius 1 is 1.44 bits per heavy atom. The summed E-state index contributed by atoms with van der Waals surface area (Å²) in [5.41, 5.74) is 0.901. The van der Waals surface area contributed by atoms with Gasteiger partial charge in [0.05, 0.1) is 19.3 Å². The Morgan fingerprint density at radius 3 is 3.00 bits per heavy atom. The summed E-state index contributed by atoms with van der Waals surface area (Å²) >= 11 is 0. The topological polar surface area (TPSA) is 30.5 Å². The van der Waals surface area contributed by atoms with Crippen LogP contribution >= 0.6 is 0 Å². The van der Waals surface area contributed by atoms with Gasteiger partial charge >= 0.3 is 6.61 Å². The number of hydrogen-bond donors (Lipinski definition) is 1. The van der Waals surface area contributed by atoms with Crippen molar-refractivity contribution in [2.45, 2.75) is 12.7 Å². The normalized spacial score (nSPS) is 21.1. The zero-order valence-corrected chi connectivity index (χ0v) is 8.66. The summed E-state index contributed by atoms with van der Waals surface area (Å²) < 4.78 is 33.7. The molecule has 0 radical (unpaired) electrons. The first-order chi connectivity index (χ1) is 7.75. The second-order valence-electron chi connectivity index (χ2n) is 3.53. The SMILES string of the molecule is FC(F)Oc1cccc(C2COCCN2)c1. The minimum atomic E-state index is -2.79. The molecule has 0 aliphatic carbocycles. The van der Waals surface area contributed by atoms with Gasteiger partial charge in [0.15, 0.2) is 0 Å². The molecule has 1 unspecified atom stereocenters. The lowest BCUT2D eigenvalue weighted by molar-refractivity contribution is -0.0499. The molecule has 1 aromatic rings. The van der Waals surface area contributed by atoms with E-state index in [0.29, 0.717) is 13.2 Å². The van der Waals surface area contributed by atoms with Crippen LogP contribution in [0.4, 0.5) is 8.78 Å². The predicted molar refractivity (Wildman–Crippen MR) is 54.6 cm³/mol. The van der Waals surface area contributed by atoms with Crippen molar-refractivity contribution in [3.8, 4) is 5.75 Å². The summed E-state index contributed by atoms with van der Waals surface area (Å²) in [4.78, 5) is 0. The van der Waals surface area contributed by atoms with Gasteiger partial charge in [0.25, 0.3) is 0 Å². The first-order valence-corrected chi connectivity index (χ1v) is 5.11. The lowest BCUT2D eigenvalue weighted by Crippen LogP contribution is -2.34. The van der Waals surface area contributed by atoms with Gasteiger partial charge in [0.1, 0.15) is 5.75 Å². The number of halogens is 2. The molecule has 1 atom stereocenters. The third-order valence-electron chi connectivity index (χ3n) is 2.41. The van der Waals surface area contributed by atoms with Gasteiger partial charge in [0.2, 0.25) is 0 Å². The van der Waals surface area contributed by atoms with Crippen LogP contribution in [0.2, 0.25) is 0 Å². The number of hydrogen-bond acceptors (Lipinski definition) is 3.